The Hall–Kier alpha value is -0.390. The first-order valence-electron chi connectivity index (χ1n) is 5.71. The molecule has 0 N–H and O–H groups in total. The molecule has 0 bridgehead atoms. The zero-order chi connectivity index (χ0) is 12.6. The second kappa shape index (κ2) is 4.71. The number of benzene rings is 1. The van der Waals surface area contributed by atoms with E-state index in [4.69, 9.17) is 0 Å². The predicted octanol–water partition coefficient (Wildman–Crippen LogP) is 2.93. The normalized spacial score (nSPS) is 21.9. The van der Waals surface area contributed by atoms with Gasteiger partial charge >= 0.3 is 0 Å². The Kier molecular flexibility index (Phi) is 3.61. The van der Waals surface area contributed by atoms with Crippen molar-refractivity contribution < 1.29 is 8.42 Å². The predicted molar refractivity (Wildman–Crippen MR) is 71.5 cm³/mol. The van der Waals surface area contributed by atoms with Crippen molar-refractivity contribution in [3.05, 3.63) is 28.2 Å². The summed E-state index contributed by atoms with van der Waals surface area (Å²) in [4.78, 5) is 0.372. The lowest BCUT2D eigenvalue weighted by Gasteiger charge is -2.21. The first kappa shape index (κ1) is 13.1. The molecule has 1 fully saturated rings. The minimum atomic E-state index is -3.35. The molecule has 3 nitrogen and oxygen atoms in total. The van der Waals surface area contributed by atoms with Crippen molar-refractivity contribution in [2.75, 3.05) is 6.54 Å². The summed E-state index contributed by atoms with van der Waals surface area (Å²) in [6.45, 7) is 4.54. The SMILES string of the molecule is Cc1ccc(S(=O)(=O)N2CCCC2C)c(Br)c1. The van der Waals surface area contributed by atoms with E-state index in [0.29, 0.717) is 15.9 Å². The van der Waals surface area contributed by atoms with Gasteiger partial charge in [0, 0.05) is 17.1 Å². The van der Waals surface area contributed by atoms with Crippen molar-refractivity contribution in [2.45, 2.75) is 37.6 Å². The molecule has 0 amide bonds. The number of hydrogen-bond acceptors (Lipinski definition) is 2. The molecular formula is C12H16BrNO2S. The van der Waals surface area contributed by atoms with Crippen molar-refractivity contribution in [2.24, 2.45) is 0 Å². The molecule has 1 aromatic rings. The molecule has 2 rings (SSSR count). The topological polar surface area (TPSA) is 37.4 Å². The van der Waals surface area contributed by atoms with E-state index in [9.17, 15) is 8.42 Å². The zero-order valence-electron chi connectivity index (χ0n) is 9.98. The van der Waals surface area contributed by atoms with Crippen molar-refractivity contribution in [1.82, 2.24) is 4.31 Å². The molecule has 1 aliphatic rings. The Balaban J connectivity index is 2.44. The highest BCUT2D eigenvalue weighted by Crippen LogP contribution is 2.30. The van der Waals surface area contributed by atoms with E-state index >= 15 is 0 Å². The number of sulfonamides is 1. The Morgan fingerprint density at radius 1 is 1.41 bits per heavy atom. The molecule has 0 aliphatic carbocycles. The van der Waals surface area contributed by atoms with Crippen LogP contribution in [-0.2, 0) is 10.0 Å². The van der Waals surface area contributed by atoms with Crippen LogP contribution >= 0.6 is 15.9 Å². The molecule has 1 aromatic carbocycles. The summed E-state index contributed by atoms with van der Waals surface area (Å²) in [5.74, 6) is 0. The van der Waals surface area contributed by atoms with Crippen LogP contribution in [0.25, 0.3) is 0 Å². The largest absolute Gasteiger partial charge is 0.244 e. The highest BCUT2D eigenvalue weighted by atomic mass is 79.9. The number of rotatable bonds is 2. The zero-order valence-corrected chi connectivity index (χ0v) is 12.4. The van der Waals surface area contributed by atoms with Gasteiger partial charge in [0.1, 0.15) is 0 Å². The van der Waals surface area contributed by atoms with Gasteiger partial charge in [-0.25, -0.2) is 8.42 Å². The molecule has 0 spiro atoms. The van der Waals surface area contributed by atoms with E-state index in [-0.39, 0.29) is 6.04 Å². The van der Waals surface area contributed by atoms with Crippen LogP contribution < -0.4 is 0 Å². The van der Waals surface area contributed by atoms with Crippen LogP contribution in [0.4, 0.5) is 0 Å². The molecule has 0 saturated carbocycles. The third-order valence-electron chi connectivity index (χ3n) is 3.17. The minimum Gasteiger partial charge on any atom is -0.207 e. The fourth-order valence-corrected chi connectivity index (χ4v) is 5.06. The van der Waals surface area contributed by atoms with E-state index in [1.165, 1.54) is 0 Å². The number of nitrogens with zero attached hydrogens (tertiary/aromatic N) is 1. The molecule has 5 heteroatoms. The second-order valence-corrected chi connectivity index (χ2v) is 7.25. The summed E-state index contributed by atoms with van der Waals surface area (Å²) in [5, 5.41) is 0. The lowest BCUT2D eigenvalue weighted by atomic mass is 10.2. The van der Waals surface area contributed by atoms with Gasteiger partial charge in [0.2, 0.25) is 10.0 Å². The van der Waals surface area contributed by atoms with Gasteiger partial charge in [0.25, 0.3) is 0 Å². The van der Waals surface area contributed by atoms with Crippen LogP contribution in [0.15, 0.2) is 27.6 Å². The van der Waals surface area contributed by atoms with Crippen LogP contribution in [0.1, 0.15) is 25.3 Å². The first-order chi connectivity index (χ1) is 7.93. The minimum absolute atomic E-state index is 0.105. The van der Waals surface area contributed by atoms with E-state index in [1.807, 2.05) is 26.0 Å². The standard InChI is InChI=1S/C12H16BrNO2S/c1-9-5-6-12(11(13)8-9)17(15,16)14-7-3-4-10(14)2/h5-6,8,10H,3-4,7H2,1-2H3. The molecule has 94 valence electrons. The molecule has 17 heavy (non-hydrogen) atoms. The first-order valence-corrected chi connectivity index (χ1v) is 7.94. The van der Waals surface area contributed by atoms with Gasteiger partial charge in [0.05, 0.1) is 4.90 Å². The molecule has 0 radical (unpaired) electrons. The summed E-state index contributed by atoms with van der Waals surface area (Å²) in [7, 11) is -3.35. The lowest BCUT2D eigenvalue weighted by Crippen LogP contribution is -2.33. The highest BCUT2D eigenvalue weighted by molar-refractivity contribution is 9.10. The van der Waals surface area contributed by atoms with E-state index in [0.717, 1.165) is 18.4 Å². The van der Waals surface area contributed by atoms with Gasteiger partial charge in [-0.2, -0.15) is 4.31 Å². The van der Waals surface area contributed by atoms with Gasteiger partial charge in [-0.05, 0) is 60.3 Å². The van der Waals surface area contributed by atoms with E-state index < -0.39 is 10.0 Å². The van der Waals surface area contributed by atoms with E-state index in [1.54, 1.807) is 10.4 Å². The summed E-state index contributed by atoms with van der Waals surface area (Å²) >= 11 is 3.34. The van der Waals surface area contributed by atoms with Gasteiger partial charge in [0.15, 0.2) is 0 Å². The summed E-state index contributed by atoms with van der Waals surface area (Å²) < 4.78 is 27.2. The Morgan fingerprint density at radius 2 is 2.12 bits per heavy atom. The average Bonchev–Trinajstić information content (AvgIpc) is 2.64. The van der Waals surface area contributed by atoms with Gasteiger partial charge in [-0.3, -0.25) is 0 Å². The number of aryl methyl sites for hydroxylation is 1. The Labute approximate surface area is 111 Å². The van der Waals surface area contributed by atoms with E-state index in [2.05, 4.69) is 15.9 Å². The molecule has 1 atom stereocenters. The van der Waals surface area contributed by atoms with Crippen molar-refractivity contribution in [3.8, 4) is 0 Å². The molecule has 0 aromatic heterocycles. The summed E-state index contributed by atoms with van der Waals surface area (Å²) in [6.07, 6.45) is 1.90. The third kappa shape index (κ3) is 2.41. The highest BCUT2D eigenvalue weighted by Gasteiger charge is 2.33. The molecule has 1 saturated heterocycles. The molecule has 1 unspecified atom stereocenters. The van der Waals surface area contributed by atoms with Crippen LogP contribution in [0.2, 0.25) is 0 Å². The van der Waals surface area contributed by atoms with Crippen LogP contribution in [0.5, 0.6) is 0 Å². The molecule has 1 heterocycles. The summed E-state index contributed by atoms with van der Waals surface area (Å²) in [6, 6.07) is 5.46. The number of halogens is 1. The lowest BCUT2D eigenvalue weighted by molar-refractivity contribution is 0.408. The quantitative estimate of drug-likeness (QED) is 0.841. The third-order valence-corrected chi connectivity index (χ3v) is 6.16. The van der Waals surface area contributed by atoms with Crippen molar-refractivity contribution >= 4 is 26.0 Å². The van der Waals surface area contributed by atoms with Gasteiger partial charge in [-0.15, -0.1) is 0 Å². The van der Waals surface area contributed by atoms with Crippen molar-refractivity contribution in [3.63, 3.8) is 0 Å². The Morgan fingerprint density at radius 3 is 2.65 bits per heavy atom. The maximum absolute atomic E-state index is 12.5. The maximum Gasteiger partial charge on any atom is 0.244 e. The average molecular weight is 318 g/mol. The molecule has 1 aliphatic heterocycles. The fourth-order valence-electron chi connectivity index (χ4n) is 2.21. The monoisotopic (exact) mass is 317 g/mol. The van der Waals surface area contributed by atoms with Gasteiger partial charge in [-0.1, -0.05) is 6.07 Å². The fraction of sp³-hybridized carbons (Fsp3) is 0.500. The van der Waals surface area contributed by atoms with Gasteiger partial charge < -0.3 is 0 Å². The Bertz CT molecular complexity index is 527. The second-order valence-electron chi connectivity index (χ2n) is 4.54. The van der Waals surface area contributed by atoms with Crippen LogP contribution in [0, 0.1) is 6.92 Å². The maximum atomic E-state index is 12.5. The van der Waals surface area contributed by atoms with Crippen LogP contribution in [-0.4, -0.2) is 25.3 Å². The van der Waals surface area contributed by atoms with Crippen LogP contribution in [0.3, 0.4) is 0 Å². The molecular weight excluding hydrogens is 302 g/mol. The summed E-state index contributed by atoms with van der Waals surface area (Å²) in [5.41, 5.74) is 1.05. The number of hydrogen-bond donors (Lipinski definition) is 0. The van der Waals surface area contributed by atoms with Crippen molar-refractivity contribution in [1.29, 1.82) is 0 Å². The smallest absolute Gasteiger partial charge is 0.207 e.